The molecule has 0 bridgehead atoms. The molecule has 3 heterocycles. The van der Waals surface area contributed by atoms with E-state index in [1.807, 2.05) is 47.7 Å². The number of hydrogen-bond donors (Lipinski definition) is 1. The molecule has 4 rings (SSSR count). The second kappa shape index (κ2) is 6.53. The molecule has 1 aromatic carbocycles. The first-order valence-electron chi connectivity index (χ1n) is 8.73. The Kier molecular flexibility index (Phi) is 4.20. The molecule has 1 aliphatic heterocycles. The van der Waals surface area contributed by atoms with Crippen molar-refractivity contribution >= 4 is 6.01 Å². The van der Waals surface area contributed by atoms with Gasteiger partial charge >= 0.3 is 6.01 Å². The minimum atomic E-state index is -0.891. The van der Waals surface area contributed by atoms with Crippen molar-refractivity contribution in [2.24, 2.45) is 7.05 Å². The third-order valence-electron chi connectivity index (χ3n) is 4.84. The van der Waals surface area contributed by atoms with E-state index in [-0.39, 0.29) is 0 Å². The van der Waals surface area contributed by atoms with Crippen LogP contribution in [-0.4, -0.2) is 48.7 Å². The van der Waals surface area contributed by atoms with Crippen molar-refractivity contribution in [1.82, 2.24) is 24.9 Å². The van der Waals surface area contributed by atoms with Crippen LogP contribution >= 0.6 is 0 Å². The maximum absolute atomic E-state index is 11.0. The predicted molar refractivity (Wildman–Crippen MR) is 95.6 cm³/mol. The molecule has 0 saturated carbocycles. The normalized spacial score (nSPS) is 20.5. The summed E-state index contributed by atoms with van der Waals surface area (Å²) in [5.41, 5.74) is 1.21. The van der Waals surface area contributed by atoms with Gasteiger partial charge in [-0.2, -0.15) is 4.98 Å². The highest BCUT2D eigenvalue weighted by molar-refractivity contribution is 5.56. The Morgan fingerprint density at radius 2 is 2.08 bits per heavy atom. The van der Waals surface area contributed by atoms with E-state index < -0.39 is 5.60 Å². The van der Waals surface area contributed by atoms with E-state index in [1.165, 1.54) is 5.56 Å². The summed E-state index contributed by atoms with van der Waals surface area (Å²) in [6, 6.07) is 8.43. The molecule has 0 spiro atoms. The van der Waals surface area contributed by atoms with Crippen molar-refractivity contribution in [3.63, 3.8) is 0 Å². The lowest BCUT2D eigenvalue weighted by Gasteiger charge is -2.37. The molecule has 2 aromatic heterocycles. The molecule has 136 valence electrons. The van der Waals surface area contributed by atoms with Crippen LogP contribution in [0.15, 0.2) is 35.1 Å². The Balaban J connectivity index is 1.51. The van der Waals surface area contributed by atoms with E-state index in [0.717, 1.165) is 24.4 Å². The van der Waals surface area contributed by atoms with E-state index >= 15 is 0 Å². The number of aryl methyl sites for hydroxylation is 2. The first-order chi connectivity index (χ1) is 12.5. The Hall–Kier alpha value is -2.74. The second-order valence-electron chi connectivity index (χ2n) is 7.05. The van der Waals surface area contributed by atoms with Crippen molar-refractivity contribution in [1.29, 1.82) is 0 Å². The first kappa shape index (κ1) is 16.7. The second-order valence-corrected chi connectivity index (χ2v) is 7.05. The fourth-order valence-corrected chi connectivity index (χ4v) is 3.35. The summed E-state index contributed by atoms with van der Waals surface area (Å²) in [4.78, 5) is 6.47. The van der Waals surface area contributed by atoms with Crippen LogP contribution in [0.25, 0.3) is 11.4 Å². The number of anilines is 1. The molecule has 0 radical (unpaired) electrons. The molecule has 1 atom stereocenters. The minimum Gasteiger partial charge on any atom is -0.388 e. The monoisotopic (exact) mass is 354 g/mol. The maximum Gasteiger partial charge on any atom is 0.324 e. The predicted octanol–water partition coefficient (Wildman–Crippen LogP) is 1.75. The van der Waals surface area contributed by atoms with Gasteiger partial charge in [0.1, 0.15) is 12.2 Å². The average Bonchev–Trinajstić information content (AvgIpc) is 3.25. The van der Waals surface area contributed by atoms with Crippen molar-refractivity contribution in [3.05, 3.63) is 42.0 Å². The third kappa shape index (κ3) is 3.32. The number of benzene rings is 1. The van der Waals surface area contributed by atoms with E-state index in [4.69, 9.17) is 4.52 Å². The molecule has 1 saturated heterocycles. The van der Waals surface area contributed by atoms with Gasteiger partial charge in [0.05, 0.1) is 12.1 Å². The van der Waals surface area contributed by atoms with Gasteiger partial charge in [0.25, 0.3) is 0 Å². The summed E-state index contributed by atoms with van der Waals surface area (Å²) in [6.07, 6.45) is 3.63. The van der Waals surface area contributed by atoms with Crippen molar-refractivity contribution in [3.8, 4) is 11.4 Å². The lowest BCUT2D eigenvalue weighted by molar-refractivity contribution is 0.0222. The number of β-amino-alcohol motifs (C(OH)–C–C–N with tert-alkyl or cyclic N) is 1. The summed E-state index contributed by atoms with van der Waals surface area (Å²) in [7, 11) is 1.88. The number of nitrogens with zero attached hydrogens (tertiary/aromatic N) is 6. The fraction of sp³-hybridized carbons (Fsp3) is 0.444. The molecule has 26 heavy (non-hydrogen) atoms. The summed E-state index contributed by atoms with van der Waals surface area (Å²) >= 11 is 0. The van der Waals surface area contributed by atoms with Gasteiger partial charge in [-0.1, -0.05) is 35.0 Å². The van der Waals surface area contributed by atoms with Crippen LogP contribution < -0.4 is 4.90 Å². The summed E-state index contributed by atoms with van der Waals surface area (Å²) in [5, 5.41) is 23.1. The Morgan fingerprint density at radius 3 is 2.81 bits per heavy atom. The van der Waals surface area contributed by atoms with Gasteiger partial charge < -0.3 is 19.1 Å². The molecule has 1 fully saturated rings. The molecular weight excluding hydrogens is 332 g/mol. The van der Waals surface area contributed by atoms with E-state index in [1.54, 1.807) is 6.33 Å². The van der Waals surface area contributed by atoms with Gasteiger partial charge in [0, 0.05) is 25.6 Å². The largest absolute Gasteiger partial charge is 0.388 e. The zero-order chi connectivity index (χ0) is 18.1. The smallest absolute Gasteiger partial charge is 0.324 e. The topological polar surface area (TPSA) is 93.1 Å². The van der Waals surface area contributed by atoms with Crippen molar-refractivity contribution < 1.29 is 9.63 Å². The first-order valence-corrected chi connectivity index (χ1v) is 8.73. The highest BCUT2D eigenvalue weighted by atomic mass is 16.5. The number of aromatic nitrogens is 5. The van der Waals surface area contributed by atoms with Crippen LogP contribution in [0.1, 0.15) is 24.2 Å². The highest BCUT2D eigenvalue weighted by Gasteiger charge is 2.36. The molecule has 8 nitrogen and oxygen atoms in total. The number of piperidine rings is 1. The highest BCUT2D eigenvalue weighted by Crippen LogP contribution is 2.29. The van der Waals surface area contributed by atoms with Gasteiger partial charge in [-0.05, 0) is 19.8 Å². The summed E-state index contributed by atoms with van der Waals surface area (Å²) < 4.78 is 7.29. The lowest BCUT2D eigenvalue weighted by atomic mass is 9.89. The molecule has 1 N–H and O–H groups in total. The number of rotatable bonds is 4. The quantitative estimate of drug-likeness (QED) is 0.763. The fourth-order valence-electron chi connectivity index (χ4n) is 3.35. The van der Waals surface area contributed by atoms with E-state index in [9.17, 15) is 5.11 Å². The summed E-state index contributed by atoms with van der Waals surface area (Å²) in [5.74, 6) is 1.32. The molecule has 0 aliphatic carbocycles. The minimum absolute atomic E-state index is 0.426. The summed E-state index contributed by atoms with van der Waals surface area (Å²) in [6.45, 7) is 3.24. The Labute approximate surface area is 151 Å². The van der Waals surface area contributed by atoms with Crippen LogP contribution in [0.5, 0.6) is 0 Å². The van der Waals surface area contributed by atoms with Crippen LogP contribution in [-0.2, 0) is 13.5 Å². The van der Waals surface area contributed by atoms with Gasteiger partial charge in [-0.3, -0.25) is 0 Å². The molecule has 3 aromatic rings. The lowest BCUT2D eigenvalue weighted by Crippen LogP contribution is -2.50. The molecule has 0 amide bonds. The van der Waals surface area contributed by atoms with Crippen LogP contribution in [0.4, 0.5) is 6.01 Å². The molecule has 1 unspecified atom stereocenters. The van der Waals surface area contributed by atoms with Crippen molar-refractivity contribution in [2.45, 2.75) is 31.8 Å². The van der Waals surface area contributed by atoms with E-state index in [2.05, 4.69) is 20.3 Å². The zero-order valence-corrected chi connectivity index (χ0v) is 15.0. The van der Waals surface area contributed by atoms with Crippen LogP contribution in [0.3, 0.4) is 0 Å². The van der Waals surface area contributed by atoms with Gasteiger partial charge in [-0.25, -0.2) is 0 Å². The molecule has 1 aliphatic rings. The SMILES string of the molecule is Cc1ccc(-c2noc(N3CCCC(O)(Cc4nncn4C)C3)n2)cc1. The van der Waals surface area contributed by atoms with Crippen LogP contribution in [0, 0.1) is 6.92 Å². The standard InChI is InChI=1S/C18H22N6O2/c1-13-4-6-14(7-5-13)16-20-17(26-22-16)24-9-3-8-18(25,11-24)10-15-21-19-12-23(15)2/h4-7,12,25H,3,8-11H2,1-2H3. The Morgan fingerprint density at radius 1 is 1.27 bits per heavy atom. The zero-order valence-electron chi connectivity index (χ0n) is 15.0. The van der Waals surface area contributed by atoms with Gasteiger partial charge in [0.15, 0.2) is 0 Å². The van der Waals surface area contributed by atoms with E-state index in [0.29, 0.717) is 31.2 Å². The van der Waals surface area contributed by atoms with Crippen LogP contribution in [0.2, 0.25) is 0 Å². The average molecular weight is 354 g/mol. The number of hydrogen-bond acceptors (Lipinski definition) is 7. The molecule has 8 heteroatoms. The third-order valence-corrected chi connectivity index (χ3v) is 4.84. The number of aliphatic hydroxyl groups is 1. The molecular formula is C18H22N6O2. The van der Waals surface area contributed by atoms with Crippen molar-refractivity contribution in [2.75, 3.05) is 18.0 Å². The van der Waals surface area contributed by atoms with Gasteiger partial charge in [-0.15, -0.1) is 10.2 Å². The van der Waals surface area contributed by atoms with Gasteiger partial charge in [0.2, 0.25) is 5.82 Å². The Bertz CT molecular complexity index is 887. The maximum atomic E-state index is 11.0.